The number of hydrogen-bond donors (Lipinski definition) is 1. The van der Waals surface area contributed by atoms with Crippen LogP contribution in [-0.4, -0.2) is 69.1 Å². The summed E-state index contributed by atoms with van der Waals surface area (Å²) in [5.41, 5.74) is 1.71. The van der Waals surface area contributed by atoms with E-state index in [1.807, 2.05) is 29.2 Å². The molecule has 10 heteroatoms. The van der Waals surface area contributed by atoms with Gasteiger partial charge in [0.25, 0.3) is 11.5 Å². The second-order valence-corrected chi connectivity index (χ2v) is 8.74. The maximum atomic E-state index is 13.4. The van der Waals surface area contributed by atoms with Gasteiger partial charge in [-0.05, 0) is 30.3 Å². The van der Waals surface area contributed by atoms with Crippen LogP contribution in [0.15, 0.2) is 59.7 Å². The summed E-state index contributed by atoms with van der Waals surface area (Å²) >= 11 is 0. The van der Waals surface area contributed by atoms with E-state index in [2.05, 4.69) is 25.1 Å². The fourth-order valence-electron chi connectivity index (χ4n) is 5.05. The molecule has 2 fully saturated rings. The molecule has 2 aromatic heterocycles. The Bertz CT molecular complexity index is 1420. The first kappa shape index (κ1) is 20.4. The van der Waals surface area contributed by atoms with Crippen LogP contribution >= 0.6 is 0 Å². The highest BCUT2D eigenvalue weighted by Crippen LogP contribution is 2.34. The van der Waals surface area contributed by atoms with Crippen molar-refractivity contribution < 1.29 is 9.53 Å². The number of para-hydroxylation sites is 1. The number of benzene rings is 2. The van der Waals surface area contributed by atoms with E-state index < -0.39 is 0 Å². The molecule has 34 heavy (non-hydrogen) atoms. The molecule has 2 aromatic carbocycles. The third-order valence-electron chi connectivity index (χ3n) is 6.74. The van der Waals surface area contributed by atoms with Gasteiger partial charge in [0.05, 0.1) is 41.7 Å². The molecule has 2 atom stereocenters. The summed E-state index contributed by atoms with van der Waals surface area (Å²) in [4.78, 5) is 39.1. The quantitative estimate of drug-likeness (QED) is 0.497. The fraction of sp³-hybridized carbons (Fsp3) is 0.292. The van der Waals surface area contributed by atoms with E-state index in [0.717, 1.165) is 13.1 Å². The molecule has 0 saturated carbocycles. The molecule has 2 unspecified atom stereocenters. The molecule has 2 aliphatic heterocycles. The Hall–Kier alpha value is -4.21. The molecule has 0 spiro atoms. The molecule has 4 heterocycles. The maximum Gasteiger partial charge on any atom is 0.260 e. The van der Waals surface area contributed by atoms with Crippen LogP contribution in [0.2, 0.25) is 0 Å². The number of nitrogens with zero attached hydrogens (tertiary/aromatic N) is 6. The van der Waals surface area contributed by atoms with Crippen LogP contribution in [0.1, 0.15) is 10.4 Å². The molecular formula is C24H23N7O3. The van der Waals surface area contributed by atoms with E-state index >= 15 is 0 Å². The van der Waals surface area contributed by atoms with E-state index in [0.29, 0.717) is 58.8 Å². The number of H-pyrrole nitrogens is 1. The number of carbonyl (C=O) groups excluding carboxylic acids is 1. The molecule has 1 N–H and O–H groups in total. The van der Waals surface area contributed by atoms with Crippen molar-refractivity contribution in [2.45, 2.75) is 0 Å². The molecule has 4 aromatic rings. The average molecular weight is 457 g/mol. The molecule has 2 saturated heterocycles. The number of methoxy groups -OCH3 is 1. The standard InChI is InChI=1S/C24H23N7O3/c1-34-17-6-7-20-19(10-17)22(32)28-24(27-20)30-13-15-11-29(12-16(15)14-30)23(33)18-4-2-3-5-21(18)31-25-8-9-26-31/h2-10,15-16H,11-14H2,1H3,(H,27,28,32). The molecule has 1 amide bonds. The normalized spacial score (nSPS) is 19.6. The van der Waals surface area contributed by atoms with Crippen molar-refractivity contribution in [2.24, 2.45) is 11.8 Å². The first-order valence-electron chi connectivity index (χ1n) is 11.2. The van der Waals surface area contributed by atoms with Gasteiger partial charge < -0.3 is 14.5 Å². The van der Waals surface area contributed by atoms with E-state index in [1.165, 1.54) is 4.80 Å². The minimum Gasteiger partial charge on any atom is -0.497 e. The lowest BCUT2D eigenvalue weighted by Crippen LogP contribution is -2.34. The second-order valence-electron chi connectivity index (χ2n) is 8.74. The lowest BCUT2D eigenvalue weighted by atomic mass is 10.0. The number of fused-ring (bicyclic) bond motifs is 2. The van der Waals surface area contributed by atoms with Gasteiger partial charge in [0.1, 0.15) is 5.75 Å². The van der Waals surface area contributed by atoms with Gasteiger partial charge in [-0.1, -0.05) is 12.1 Å². The zero-order valence-electron chi connectivity index (χ0n) is 18.6. The topological polar surface area (TPSA) is 109 Å². The molecule has 10 nitrogen and oxygen atoms in total. The van der Waals surface area contributed by atoms with Gasteiger partial charge in [0.15, 0.2) is 0 Å². The van der Waals surface area contributed by atoms with Crippen molar-refractivity contribution in [3.05, 3.63) is 70.8 Å². The number of ether oxygens (including phenoxy) is 1. The maximum absolute atomic E-state index is 13.4. The molecule has 0 aliphatic carbocycles. The summed E-state index contributed by atoms with van der Waals surface area (Å²) in [7, 11) is 1.57. The first-order chi connectivity index (χ1) is 16.6. The van der Waals surface area contributed by atoms with Crippen LogP contribution in [0.4, 0.5) is 5.95 Å². The summed E-state index contributed by atoms with van der Waals surface area (Å²) in [6, 6.07) is 12.7. The molecule has 172 valence electrons. The Kier molecular flexibility index (Phi) is 4.79. The smallest absolute Gasteiger partial charge is 0.260 e. The summed E-state index contributed by atoms with van der Waals surface area (Å²) < 4.78 is 5.22. The molecule has 0 bridgehead atoms. The number of aromatic nitrogens is 5. The van der Waals surface area contributed by atoms with E-state index in [1.54, 1.807) is 37.7 Å². The van der Waals surface area contributed by atoms with Crippen molar-refractivity contribution in [3.63, 3.8) is 0 Å². The number of amides is 1. The Morgan fingerprint density at radius 3 is 2.50 bits per heavy atom. The van der Waals surface area contributed by atoms with E-state index in [-0.39, 0.29) is 11.5 Å². The SMILES string of the molecule is COc1ccc2nc(N3CC4CN(C(=O)c5ccccc5-n5nccn5)CC4C3)[nH]c(=O)c2c1. The van der Waals surface area contributed by atoms with Gasteiger partial charge in [-0.3, -0.25) is 14.6 Å². The predicted octanol–water partition coefficient (Wildman–Crippen LogP) is 1.72. The average Bonchev–Trinajstić information content (AvgIpc) is 3.60. The number of nitrogens with one attached hydrogen (secondary N) is 1. The minimum absolute atomic E-state index is 0.0139. The van der Waals surface area contributed by atoms with Gasteiger partial charge in [0, 0.05) is 38.0 Å². The molecule has 2 aliphatic rings. The number of hydrogen-bond acceptors (Lipinski definition) is 7. The number of rotatable bonds is 4. The van der Waals surface area contributed by atoms with Crippen LogP contribution in [0.5, 0.6) is 5.75 Å². The van der Waals surface area contributed by atoms with Gasteiger partial charge in [-0.15, -0.1) is 0 Å². The van der Waals surface area contributed by atoms with Crippen molar-refractivity contribution >= 4 is 22.8 Å². The molecule has 0 radical (unpaired) electrons. The van der Waals surface area contributed by atoms with Crippen molar-refractivity contribution in [1.82, 2.24) is 29.9 Å². The Labute approximate surface area is 194 Å². The van der Waals surface area contributed by atoms with Crippen LogP contribution in [-0.2, 0) is 0 Å². The second kappa shape index (κ2) is 7.98. The largest absolute Gasteiger partial charge is 0.497 e. The van der Waals surface area contributed by atoms with Crippen molar-refractivity contribution in [2.75, 3.05) is 38.2 Å². The Morgan fingerprint density at radius 2 is 1.76 bits per heavy atom. The summed E-state index contributed by atoms with van der Waals surface area (Å²) in [6.07, 6.45) is 3.19. The van der Waals surface area contributed by atoms with Gasteiger partial charge >= 0.3 is 0 Å². The Morgan fingerprint density at radius 1 is 1.03 bits per heavy atom. The van der Waals surface area contributed by atoms with Crippen LogP contribution in [0.25, 0.3) is 16.6 Å². The van der Waals surface area contributed by atoms with Crippen LogP contribution < -0.4 is 15.2 Å². The summed E-state index contributed by atoms with van der Waals surface area (Å²) in [5, 5.41) is 8.87. The number of anilines is 1. The monoisotopic (exact) mass is 457 g/mol. The highest BCUT2D eigenvalue weighted by Gasteiger charge is 2.42. The number of likely N-dealkylation sites (tertiary alicyclic amines) is 1. The van der Waals surface area contributed by atoms with E-state index in [9.17, 15) is 9.59 Å². The number of aromatic amines is 1. The third-order valence-corrected chi connectivity index (χ3v) is 6.74. The highest BCUT2D eigenvalue weighted by molar-refractivity contribution is 5.98. The highest BCUT2D eigenvalue weighted by atomic mass is 16.5. The predicted molar refractivity (Wildman–Crippen MR) is 125 cm³/mol. The zero-order valence-corrected chi connectivity index (χ0v) is 18.6. The van der Waals surface area contributed by atoms with E-state index in [4.69, 9.17) is 4.74 Å². The summed E-state index contributed by atoms with van der Waals surface area (Å²) in [6.45, 7) is 2.80. The molecule has 6 rings (SSSR count). The first-order valence-corrected chi connectivity index (χ1v) is 11.2. The van der Waals surface area contributed by atoms with Gasteiger partial charge in [-0.2, -0.15) is 15.0 Å². The molecular weight excluding hydrogens is 434 g/mol. The summed E-state index contributed by atoms with van der Waals surface area (Å²) in [5.74, 6) is 1.81. The van der Waals surface area contributed by atoms with Crippen LogP contribution in [0, 0.1) is 11.8 Å². The van der Waals surface area contributed by atoms with Gasteiger partial charge in [0.2, 0.25) is 5.95 Å². The lowest BCUT2D eigenvalue weighted by molar-refractivity contribution is 0.0782. The Balaban J connectivity index is 1.19. The number of carbonyl (C=O) groups is 1. The van der Waals surface area contributed by atoms with Crippen molar-refractivity contribution in [3.8, 4) is 11.4 Å². The third kappa shape index (κ3) is 3.38. The van der Waals surface area contributed by atoms with Crippen molar-refractivity contribution in [1.29, 1.82) is 0 Å². The zero-order chi connectivity index (χ0) is 23.2. The lowest BCUT2D eigenvalue weighted by Gasteiger charge is -2.23. The van der Waals surface area contributed by atoms with Crippen LogP contribution in [0.3, 0.4) is 0 Å². The fourth-order valence-corrected chi connectivity index (χ4v) is 5.05. The van der Waals surface area contributed by atoms with Gasteiger partial charge in [-0.25, -0.2) is 4.98 Å². The minimum atomic E-state index is -0.184.